The molecular weight excluding hydrogens is 358 g/mol. The van der Waals surface area contributed by atoms with E-state index in [1.54, 1.807) is 0 Å². The largest absolute Gasteiger partial charge is 0.492 e. The third kappa shape index (κ3) is 4.57. The first-order chi connectivity index (χ1) is 10.1. The molecule has 0 aliphatic carbocycles. The lowest BCUT2D eigenvalue weighted by atomic mass is 10.1. The van der Waals surface area contributed by atoms with Crippen LogP contribution >= 0.6 is 27.7 Å². The van der Waals surface area contributed by atoms with Crippen LogP contribution in [0.2, 0.25) is 0 Å². The molecule has 1 saturated heterocycles. The zero-order valence-corrected chi connectivity index (χ0v) is 13.5. The van der Waals surface area contributed by atoms with Gasteiger partial charge >= 0.3 is 0 Å². The molecule has 111 valence electrons. The van der Waals surface area contributed by atoms with Crippen LogP contribution in [0.15, 0.2) is 22.7 Å². The zero-order valence-electron chi connectivity index (χ0n) is 11.1. The standard InChI is InChI=1S/C14H13BrNO4S/c15-10-7-9(8-12-13(18)16-14(19)21-12)3-4-11(10)20-6-2-1-5-17/h3-4,7,12H,1-2,6,8H2,(H,16,18,19). The third-order valence-electron chi connectivity index (χ3n) is 2.87. The second-order valence-corrected chi connectivity index (χ2v) is 6.48. The molecule has 2 amide bonds. The van der Waals surface area contributed by atoms with Crippen LogP contribution in [0, 0.1) is 0 Å². The molecule has 1 N–H and O–H groups in total. The summed E-state index contributed by atoms with van der Waals surface area (Å²) in [6.07, 6.45) is 3.29. The lowest BCUT2D eigenvalue weighted by Gasteiger charge is -2.10. The Kier molecular flexibility index (Phi) is 5.81. The summed E-state index contributed by atoms with van der Waals surface area (Å²) in [7, 11) is 0. The molecule has 21 heavy (non-hydrogen) atoms. The van der Waals surface area contributed by atoms with Gasteiger partial charge in [-0.15, -0.1) is 0 Å². The molecule has 1 fully saturated rings. The third-order valence-corrected chi connectivity index (χ3v) is 4.47. The summed E-state index contributed by atoms with van der Waals surface area (Å²) in [6.45, 7) is 0.447. The van der Waals surface area contributed by atoms with Crippen molar-refractivity contribution < 1.29 is 19.1 Å². The maximum Gasteiger partial charge on any atom is 0.286 e. The van der Waals surface area contributed by atoms with Gasteiger partial charge in [0.1, 0.15) is 5.75 Å². The summed E-state index contributed by atoms with van der Waals surface area (Å²) in [4.78, 5) is 32.7. The molecule has 2 rings (SSSR count). The summed E-state index contributed by atoms with van der Waals surface area (Å²) in [6, 6.07) is 5.55. The van der Waals surface area contributed by atoms with Crippen LogP contribution in [0.1, 0.15) is 18.4 Å². The molecule has 1 aromatic carbocycles. The number of thioether (sulfide) groups is 1. The molecule has 1 aliphatic heterocycles. The van der Waals surface area contributed by atoms with Crippen molar-refractivity contribution in [3.05, 3.63) is 28.2 Å². The fourth-order valence-corrected chi connectivity index (χ4v) is 3.26. The second kappa shape index (κ2) is 7.61. The van der Waals surface area contributed by atoms with Gasteiger partial charge in [0.25, 0.3) is 5.24 Å². The van der Waals surface area contributed by atoms with Crippen LogP contribution in [-0.4, -0.2) is 29.3 Å². The van der Waals surface area contributed by atoms with E-state index in [4.69, 9.17) is 4.74 Å². The molecular formula is C14H13BrNO4S. The monoisotopic (exact) mass is 370 g/mol. The minimum absolute atomic E-state index is 0.244. The Morgan fingerprint density at radius 1 is 1.38 bits per heavy atom. The average molecular weight is 371 g/mol. The Labute approximate surface area is 134 Å². The molecule has 1 heterocycles. The van der Waals surface area contributed by atoms with Gasteiger partial charge in [-0.1, -0.05) is 17.8 Å². The number of unbranched alkanes of at least 4 members (excludes halogenated alkanes) is 1. The Balaban J connectivity index is 1.93. The van der Waals surface area contributed by atoms with Gasteiger partial charge in [-0.3, -0.25) is 19.7 Å². The molecule has 7 heteroatoms. The van der Waals surface area contributed by atoms with Gasteiger partial charge in [0, 0.05) is 6.42 Å². The molecule has 1 unspecified atom stereocenters. The van der Waals surface area contributed by atoms with Gasteiger partial charge < -0.3 is 4.74 Å². The number of ether oxygens (including phenoxy) is 1. The summed E-state index contributed by atoms with van der Waals surface area (Å²) in [5, 5.41) is 1.60. The lowest BCUT2D eigenvalue weighted by molar-refractivity contribution is -0.118. The van der Waals surface area contributed by atoms with Gasteiger partial charge in [-0.2, -0.15) is 0 Å². The number of nitrogens with one attached hydrogen (secondary N) is 1. The Bertz CT molecular complexity index is 564. The van der Waals surface area contributed by atoms with E-state index in [0.717, 1.165) is 21.8 Å². The van der Waals surface area contributed by atoms with Crippen molar-refractivity contribution in [1.82, 2.24) is 5.32 Å². The van der Waals surface area contributed by atoms with Crippen molar-refractivity contribution >= 4 is 45.1 Å². The van der Waals surface area contributed by atoms with Crippen molar-refractivity contribution in [2.24, 2.45) is 0 Å². The molecule has 1 radical (unpaired) electrons. The lowest BCUT2D eigenvalue weighted by Crippen LogP contribution is -2.25. The maximum atomic E-state index is 11.5. The Morgan fingerprint density at radius 2 is 2.19 bits per heavy atom. The van der Waals surface area contributed by atoms with Crippen molar-refractivity contribution in [3.63, 3.8) is 0 Å². The number of hydrogen-bond acceptors (Lipinski definition) is 5. The van der Waals surface area contributed by atoms with Crippen LogP contribution in [0.4, 0.5) is 4.79 Å². The number of halogens is 1. The van der Waals surface area contributed by atoms with E-state index in [0.29, 0.717) is 31.6 Å². The van der Waals surface area contributed by atoms with E-state index < -0.39 is 0 Å². The summed E-state index contributed by atoms with van der Waals surface area (Å²) in [5.41, 5.74) is 0.942. The van der Waals surface area contributed by atoms with E-state index in [9.17, 15) is 14.4 Å². The quantitative estimate of drug-likeness (QED) is 0.746. The molecule has 1 aromatic rings. The zero-order chi connectivity index (χ0) is 15.2. The molecule has 1 aliphatic rings. The number of carbonyl (C=O) groups excluding carboxylic acids is 3. The van der Waals surface area contributed by atoms with E-state index in [-0.39, 0.29) is 16.4 Å². The van der Waals surface area contributed by atoms with Crippen LogP contribution in [-0.2, 0) is 16.0 Å². The fourth-order valence-electron chi connectivity index (χ4n) is 1.86. The van der Waals surface area contributed by atoms with Gasteiger partial charge in [0.15, 0.2) is 6.29 Å². The summed E-state index contributed by atoms with van der Waals surface area (Å²) < 4.78 is 6.32. The SMILES string of the molecule is O=[C]CCCOc1ccc(CC2SC(=O)NC2=O)cc1Br. The molecule has 5 nitrogen and oxygen atoms in total. The highest BCUT2D eigenvalue weighted by Crippen LogP contribution is 2.29. The van der Waals surface area contributed by atoms with E-state index in [1.807, 2.05) is 24.5 Å². The first-order valence-corrected chi connectivity index (χ1v) is 8.05. The van der Waals surface area contributed by atoms with E-state index in [1.165, 1.54) is 0 Å². The van der Waals surface area contributed by atoms with Crippen LogP contribution in [0.25, 0.3) is 0 Å². The first-order valence-electron chi connectivity index (χ1n) is 6.38. The second-order valence-electron chi connectivity index (χ2n) is 4.45. The van der Waals surface area contributed by atoms with Gasteiger partial charge in [0.05, 0.1) is 16.3 Å². The minimum atomic E-state index is -0.376. The molecule has 0 aromatic heterocycles. The number of amides is 2. The van der Waals surface area contributed by atoms with E-state index in [2.05, 4.69) is 21.2 Å². The molecule has 1 atom stereocenters. The number of carbonyl (C=O) groups is 2. The molecule has 0 bridgehead atoms. The molecule has 0 spiro atoms. The van der Waals surface area contributed by atoms with Gasteiger partial charge in [0.2, 0.25) is 5.91 Å². The van der Waals surface area contributed by atoms with Crippen molar-refractivity contribution in [2.75, 3.05) is 6.61 Å². The van der Waals surface area contributed by atoms with Crippen molar-refractivity contribution in [3.8, 4) is 5.75 Å². The first kappa shape index (κ1) is 16.0. The highest BCUT2D eigenvalue weighted by Gasteiger charge is 2.31. The number of hydrogen-bond donors (Lipinski definition) is 1. The normalized spacial score (nSPS) is 17.7. The van der Waals surface area contributed by atoms with Crippen molar-refractivity contribution in [2.45, 2.75) is 24.5 Å². The fraction of sp³-hybridized carbons (Fsp3) is 0.357. The summed E-state index contributed by atoms with van der Waals surface area (Å²) >= 11 is 4.43. The summed E-state index contributed by atoms with van der Waals surface area (Å²) in [5.74, 6) is 0.441. The maximum absolute atomic E-state index is 11.5. The predicted molar refractivity (Wildman–Crippen MR) is 83.2 cm³/mol. The number of imide groups is 1. The van der Waals surface area contributed by atoms with Gasteiger partial charge in [-0.25, -0.2) is 0 Å². The average Bonchev–Trinajstić information content (AvgIpc) is 2.75. The number of benzene rings is 1. The van der Waals surface area contributed by atoms with E-state index >= 15 is 0 Å². The number of rotatable bonds is 7. The van der Waals surface area contributed by atoms with Crippen LogP contribution < -0.4 is 10.1 Å². The van der Waals surface area contributed by atoms with Gasteiger partial charge in [-0.05, 0) is 46.5 Å². The Hall–Kier alpha value is -1.34. The van der Waals surface area contributed by atoms with Crippen LogP contribution in [0.5, 0.6) is 5.75 Å². The predicted octanol–water partition coefficient (Wildman–Crippen LogP) is 2.61. The smallest absolute Gasteiger partial charge is 0.286 e. The van der Waals surface area contributed by atoms with Crippen LogP contribution in [0.3, 0.4) is 0 Å². The topological polar surface area (TPSA) is 72.5 Å². The van der Waals surface area contributed by atoms with Crippen molar-refractivity contribution in [1.29, 1.82) is 0 Å². The Morgan fingerprint density at radius 3 is 2.81 bits per heavy atom. The molecule has 0 saturated carbocycles. The highest BCUT2D eigenvalue weighted by atomic mass is 79.9. The minimum Gasteiger partial charge on any atom is -0.492 e. The highest BCUT2D eigenvalue weighted by molar-refractivity contribution is 9.10.